The first kappa shape index (κ1) is 11.5. The summed E-state index contributed by atoms with van der Waals surface area (Å²) in [6.45, 7) is 3.99. The summed E-state index contributed by atoms with van der Waals surface area (Å²) in [6.07, 6.45) is 0.907. The SMILES string of the molecule is CCC(C)NC(=O)c1ccccc1NN. The highest BCUT2D eigenvalue weighted by molar-refractivity contribution is 5.99. The number of carbonyl (C=O) groups excluding carboxylic acids is 1. The van der Waals surface area contributed by atoms with Gasteiger partial charge in [0, 0.05) is 6.04 Å². The Bertz CT molecular complexity index is 338. The van der Waals surface area contributed by atoms with Crippen molar-refractivity contribution < 1.29 is 4.79 Å². The number of hydrazine groups is 1. The van der Waals surface area contributed by atoms with Crippen LogP contribution >= 0.6 is 0 Å². The largest absolute Gasteiger partial charge is 0.350 e. The molecule has 1 unspecified atom stereocenters. The second-order valence-electron chi connectivity index (χ2n) is 3.47. The van der Waals surface area contributed by atoms with Crippen LogP contribution in [-0.4, -0.2) is 11.9 Å². The predicted octanol–water partition coefficient (Wildman–Crippen LogP) is 1.50. The van der Waals surface area contributed by atoms with E-state index in [2.05, 4.69) is 10.7 Å². The monoisotopic (exact) mass is 207 g/mol. The average Bonchev–Trinajstić information content (AvgIpc) is 2.28. The lowest BCUT2D eigenvalue weighted by Gasteiger charge is -2.13. The lowest BCUT2D eigenvalue weighted by molar-refractivity contribution is 0.0940. The van der Waals surface area contributed by atoms with E-state index in [-0.39, 0.29) is 11.9 Å². The van der Waals surface area contributed by atoms with Gasteiger partial charge in [-0.2, -0.15) is 0 Å². The van der Waals surface area contributed by atoms with E-state index in [1.54, 1.807) is 12.1 Å². The van der Waals surface area contributed by atoms with Crippen molar-refractivity contribution >= 4 is 11.6 Å². The summed E-state index contributed by atoms with van der Waals surface area (Å²) in [5, 5.41) is 2.89. The molecule has 0 aliphatic carbocycles. The van der Waals surface area contributed by atoms with E-state index in [9.17, 15) is 4.79 Å². The number of nitrogens with two attached hydrogens (primary N) is 1. The Morgan fingerprint density at radius 1 is 1.47 bits per heavy atom. The zero-order valence-electron chi connectivity index (χ0n) is 9.08. The second-order valence-corrected chi connectivity index (χ2v) is 3.47. The van der Waals surface area contributed by atoms with Gasteiger partial charge in [-0.1, -0.05) is 19.1 Å². The Morgan fingerprint density at radius 3 is 2.73 bits per heavy atom. The zero-order chi connectivity index (χ0) is 11.3. The molecule has 0 fully saturated rings. The highest BCUT2D eigenvalue weighted by Gasteiger charge is 2.11. The van der Waals surface area contributed by atoms with Crippen molar-refractivity contribution in [2.75, 3.05) is 5.43 Å². The summed E-state index contributed by atoms with van der Waals surface area (Å²) in [7, 11) is 0. The van der Waals surface area contributed by atoms with Gasteiger partial charge in [-0.15, -0.1) is 0 Å². The standard InChI is InChI=1S/C11H17N3O/c1-3-8(2)13-11(15)9-6-4-5-7-10(9)14-12/h4-8,14H,3,12H2,1-2H3,(H,13,15). The van der Waals surface area contributed by atoms with Crippen LogP contribution in [0.25, 0.3) is 0 Å². The van der Waals surface area contributed by atoms with Crippen LogP contribution in [0.15, 0.2) is 24.3 Å². The Hall–Kier alpha value is -1.55. The number of benzene rings is 1. The summed E-state index contributed by atoms with van der Waals surface area (Å²) in [5.41, 5.74) is 3.71. The lowest BCUT2D eigenvalue weighted by atomic mass is 10.1. The van der Waals surface area contributed by atoms with Crippen molar-refractivity contribution in [3.8, 4) is 0 Å². The second kappa shape index (κ2) is 5.36. The van der Waals surface area contributed by atoms with Crippen molar-refractivity contribution in [1.29, 1.82) is 0 Å². The number of amides is 1. The van der Waals surface area contributed by atoms with Crippen LogP contribution in [0.3, 0.4) is 0 Å². The highest BCUT2D eigenvalue weighted by atomic mass is 16.1. The molecule has 1 aromatic rings. The van der Waals surface area contributed by atoms with Gasteiger partial charge in [0.2, 0.25) is 0 Å². The molecule has 4 N–H and O–H groups in total. The first-order valence-electron chi connectivity index (χ1n) is 5.05. The number of nitrogens with one attached hydrogen (secondary N) is 2. The number of hydrogen-bond acceptors (Lipinski definition) is 3. The molecule has 15 heavy (non-hydrogen) atoms. The molecule has 1 atom stereocenters. The Balaban J connectivity index is 2.81. The van der Waals surface area contributed by atoms with Gasteiger partial charge in [-0.3, -0.25) is 10.6 Å². The maximum atomic E-state index is 11.8. The molecule has 0 aliphatic heterocycles. The van der Waals surface area contributed by atoms with Crippen molar-refractivity contribution in [2.45, 2.75) is 26.3 Å². The summed E-state index contributed by atoms with van der Waals surface area (Å²) >= 11 is 0. The van der Waals surface area contributed by atoms with Crippen LogP contribution in [0.1, 0.15) is 30.6 Å². The molecule has 0 spiro atoms. The third-order valence-electron chi connectivity index (χ3n) is 2.32. The average molecular weight is 207 g/mol. The number of carbonyl (C=O) groups is 1. The fraction of sp³-hybridized carbons (Fsp3) is 0.364. The van der Waals surface area contributed by atoms with Crippen LogP contribution in [0, 0.1) is 0 Å². The summed E-state index contributed by atoms with van der Waals surface area (Å²) < 4.78 is 0. The van der Waals surface area contributed by atoms with Gasteiger partial charge in [0.05, 0.1) is 11.3 Å². The molecule has 0 bridgehead atoms. The molecule has 1 aromatic carbocycles. The highest BCUT2D eigenvalue weighted by Crippen LogP contribution is 2.13. The number of hydrogen-bond donors (Lipinski definition) is 3. The van der Waals surface area contributed by atoms with E-state index >= 15 is 0 Å². The molecule has 4 nitrogen and oxygen atoms in total. The molecule has 0 aliphatic rings. The smallest absolute Gasteiger partial charge is 0.253 e. The third kappa shape index (κ3) is 2.95. The summed E-state index contributed by atoms with van der Waals surface area (Å²) in [5.74, 6) is 5.22. The van der Waals surface area contributed by atoms with Crippen LogP contribution in [0.5, 0.6) is 0 Å². The molecule has 0 saturated heterocycles. The van der Waals surface area contributed by atoms with E-state index < -0.39 is 0 Å². The van der Waals surface area contributed by atoms with E-state index in [1.807, 2.05) is 26.0 Å². The fourth-order valence-corrected chi connectivity index (χ4v) is 1.21. The minimum absolute atomic E-state index is 0.0992. The first-order valence-corrected chi connectivity index (χ1v) is 5.05. The molecule has 0 aromatic heterocycles. The van der Waals surface area contributed by atoms with Crippen LogP contribution in [-0.2, 0) is 0 Å². The Labute approximate surface area is 89.8 Å². The van der Waals surface area contributed by atoms with Gasteiger partial charge in [0.1, 0.15) is 0 Å². The topological polar surface area (TPSA) is 67.2 Å². The maximum Gasteiger partial charge on any atom is 0.253 e. The molecule has 0 radical (unpaired) electrons. The maximum absolute atomic E-state index is 11.8. The van der Waals surface area contributed by atoms with Crippen molar-refractivity contribution in [2.24, 2.45) is 5.84 Å². The first-order chi connectivity index (χ1) is 7.19. The van der Waals surface area contributed by atoms with Gasteiger partial charge < -0.3 is 10.7 Å². The van der Waals surface area contributed by atoms with E-state index in [4.69, 9.17) is 5.84 Å². The van der Waals surface area contributed by atoms with Crippen LogP contribution in [0.2, 0.25) is 0 Å². The van der Waals surface area contributed by atoms with Gasteiger partial charge in [0.15, 0.2) is 0 Å². The van der Waals surface area contributed by atoms with Gasteiger partial charge in [-0.05, 0) is 25.5 Å². The molecule has 82 valence electrons. The minimum atomic E-state index is -0.0992. The van der Waals surface area contributed by atoms with E-state index in [0.29, 0.717) is 11.3 Å². The van der Waals surface area contributed by atoms with Gasteiger partial charge >= 0.3 is 0 Å². The molecule has 1 amide bonds. The molecule has 4 heteroatoms. The predicted molar refractivity (Wildman–Crippen MR) is 61.5 cm³/mol. The Morgan fingerprint density at radius 2 is 2.13 bits per heavy atom. The van der Waals surface area contributed by atoms with E-state index in [0.717, 1.165) is 6.42 Å². The Kier molecular flexibility index (Phi) is 4.12. The summed E-state index contributed by atoms with van der Waals surface area (Å²) in [4.78, 5) is 11.8. The lowest BCUT2D eigenvalue weighted by Crippen LogP contribution is -2.32. The molecule has 0 heterocycles. The van der Waals surface area contributed by atoms with Crippen molar-refractivity contribution in [1.82, 2.24) is 5.32 Å². The van der Waals surface area contributed by atoms with Crippen LogP contribution < -0.4 is 16.6 Å². The number of anilines is 1. The molecular formula is C11H17N3O. The number of nitrogen functional groups attached to an aromatic ring is 1. The van der Waals surface area contributed by atoms with Gasteiger partial charge in [-0.25, -0.2) is 0 Å². The van der Waals surface area contributed by atoms with Gasteiger partial charge in [0.25, 0.3) is 5.91 Å². The minimum Gasteiger partial charge on any atom is -0.350 e. The molecule has 1 rings (SSSR count). The number of para-hydroxylation sites is 1. The van der Waals surface area contributed by atoms with Crippen molar-refractivity contribution in [3.05, 3.63) is 29.8 Å². The zero-order valence-corrected chi connectivity index (χ0v) is 9.08. The molecular weight excluding hydrogens is 190 g/mol. The van der Waals surface area contributed by atoms with E-state index in [1.165, 1.54) is 0 Å². The summed E-state index contributed by atoms with van der Waals surface area (Å²) in [6, 6.07) is 7.32. The molecule has 0 saturated carbocycles. The number of rotatable bonds is 4. The fourth-order valence-electron chi connectivity index (χ4n) is 1.21. The normalized spacial score (nSPS) is 11.9. The van der Waals surface area contributed by atoms with Crippen molar-refractivity contribution in [3.63, 3.8) is 0 Å². The quantitative estimate of drug-likeness (QED) is 0.517. The third-order valence-corrected chi connectivity index (χ3v) is 2.32. The van der Waals surface area contributed by atoms with Crippen LogP contribution in [0.4, 0.5) is 5.69 Å².